The quantitative estimate of drug-likeness (QED) is 0.612. The van der Waals surface area contributed by atoms with E-state index in [0.29, 0.717) is 23.4 Å². The van der Waals surface area contributed by atoms with Crippen LogP contribution in [0, 0.1) is 0 Å². The Morgan fingerprint density at radius 2 is 2.04 bits per heavy atom. The molecular formula is C22H20N4O2. The second-order valence-electron chi connectivity index (χ2n) is 6.83. The van der Waals surface area contributed by atoms with Gasteiger partial charge in [0, 0.05) is 52.9 Å². The molecule has 0 atom stereocenters. The summed E-state index contributed by atoms with van der Waals surface area (Å²) in [6.07, 6.45) is 2.53. The summed E-state index contributed by atoms with van der Waals surface area (Å²) in [5.74, 6) is -0.256. The number of benzene rings is 1. The zero-order chi connectivity index (χ0) is 19.7. The van der Waals surface area contributed by atoms with Gasteiger partial charge in [-0.2, -0.15) is 0 Å². The van der Waals surface area contributed by atoms with Crippen molar-refractivity contribution in [3.63, 3.8) is 0 Å². The number of amides is 2. The van der Waals surface area contributed by atoms with Gasteiger partial charge in [-0.3, -0.25) is 14.6 Å². The van der Waals surface area contributed by atoms with Crippen molar-refractivity contribution in [3.8, 4) is 22.5 Å². The molecule has 0 saturated heterocycles. The van der Waals surface area contributed by atoms with Gasteiger partial charge in [0.05, 0.1) is 11.3 Å². The van der Waals surface area contributed by atoms with Crippen LogP contribution in [0.3, 0.4) is 0 Å². The van der Waals surface area contributed by atoms with Gasteiger partial charge < -0.3 is 15.6 Å². The Morgan fingerprint density at radius 1 is 1.18 bits per heavy atom. The summed E-state index contributed by atoms with van der Waals surface area (Å²) in [6, 6.07) is 13.3. The first-order chi connectivity index (χ1) is 13.5. The topological polar surface area (TPSA) is 86.9 Å². The lowest BCUT2D eigenvalue weighted by Crippen LogP contribution is -2.31. The second-order valence-corrected chi connectivity index (χ2v) is 6.83. The van der Waals surface area contributed by atoms with Gasteiger partial charge in [-0.25, -0.2) is 0 Å². The van der Waals surface area contributed by atoms with Crippen LogP contribution in [0.2, 0.25) is 0 Å². The maximum absolute atomic E-state index is 12.0. The second kappa shape index (κ2) is 7.15. The van der Waals surface area contributed by atoms with Crippen molar-refractivity contribution >= 4 is 17.5 Å². The van der Waals surface area contributed by atoms with E-state index in [-0.39, 0.29) is 11.8 Å². The van der Waals surface area contributed by atoms with Crippen molar-refractivity contribution in [3.05, 3.63) is 72.1 Å². The van der Waals surface area contributed by atoms with Crippen molar-refractivity contribution in [1.82, 2.24) is 15.3 Å². The number of hydrogen-bond acceptors (Lipinski definition) is 3. The highest BCUT2D eigenvalue weighted by Crippen LogP contribution is 2.28. The number of nitrogens with zero attached hydrogens (tertiary/aromatic N) is 1. The minimum Gasteiger partial charge on any atom is -0.358 e. The van der Waals surface area contributed by atoms with E-state index in [1.54, 1.807) is 13.1 Å². The number of pyridine rings is 1. The predicted octanol–water partition coefficient (Wildman–Crippen LogP) is 3.54. The third kappa shape index (κ3) is 3.44. The molecule has 2 amide bonds. The molecule has 0 fully saturated rings. The highest BCUT2D eigenvalue weighted by Gasteiger charge is 2.20. The number of fused-ring (bicyclic) bond motifs is 1. The van der Waals surface area contributed by atoms with Gasteiger partial charge in [0.1, 0.15) is 0 Å². The first-order valence-electron chi connectivity index (χ1n) is 9.05. The molecule has 3 N–H and O–H groups in total. The average molecular weight is 372 g/mol. The molecule has 0 saturated carbocycles. The van der Waals surface area contributed by atoms with Gasteiger partial charge in [-0.1, -0.05) is 18.7 Å². The highest BCUT2D eigenvalue weighted by molar-refractivity contribution is 6.03. The Kier molecular flexibility index (Phi) is 4.53. The molecule has 6 nitrogen and oxygen atoms in total. The lowest BCUT2D eigenvalue weighted by Gasteiger charge is -2.11. The lowest BCUT2D eigenvalue weighted by molar-refractivity contribution is -0.112. The number of aromatic amines is 1. The van der Waals surface area contributed by atoms with Crippen LogP contribution in [0.15, 0.2) is 60.8 Å². The van der Waals surface area contributed by atoms with Crippen molar-refractivity contribution in [1.29, 1.82) is 0 Å². The van der Waals surface area contributed by atoms with E-state index in [1.165, 1.54) is 0 Å². The number of H-pyrrole nitrogens is 1. The summed E-state index contributed by atoms with van der Waals surface area (Å²) in [4.78, 5) is 31.7. The van der Waals surface area contributed by atoms with E-state index < -0.39 is 0 Å². The van der Waals surface area contributed by atoms with Gasteiger partial charge in [0.25, 0.3) is 11.8 Å². The van der Waals surface area contributed by atoms with Crippen molar-refractivity contribution in [2.75, 3.05) is 11.9 Å². The lowest BCUT2D eigenvalue weighted by atomic mass is 10.1. The van der Waals surface area contributed by atoms with Crippen LogP contribution in [-0.4, -0.2) is 28.3 Å². The van der Waals surface area contributed by atoms with Crippen LogP contribution < -0.4 is 10.6 Å². The average Bonchev–Trinajstić information content (AvgIpc) is 3.14. The Morgan fingerprint density at radius 3 is 2.82 bits per heavy atom. The van der Waals surface area contributed by atoms with E-state index in [4.69, 9.17) is 0 Å². The smallest absolute Gasteiger partial charge is 0.253 e. The molecule has 28 heavy (non-hydrogen) atoms. The molecule has 3 aromatic rings. The normalized spacial score (nSPS) is 12.8. The van der Waals surface area contributed by atoms with E-state index in [1.807, 2.05) is 42.5 Å². The fourth-order valence-corrected chi connectivity index (χ4v) is 3.20. The molecule has 2 aromatic heterocycles. The Balaban J connectivity index is 1.65. The molecule has 6 heteroatoms. The minimum absolute atomic E-state index is 0.0426. The third-order valence-electron chi connectivity index (χ3n) is 4.68. The summed E-state index contributed by atoms with van der Waals surface area (Å²) in [6.45, 7) is 5.97. The molecule has 0 unspecified atom stereocenters. The Bertz CT molecular complexity index is 1100. The molecule has 0 aliphatic carbocycles. The predicted molar refractivity (Wildman–Crippen MR) is 109 cm³/mol. The van der Waals surface area contributed by atoms with E-state index in [0.717, 1.165) is 34.6 Å². The third-order valence-corrected chi connectivity index (χ3v) is 4.68. The number of carbonyl (C=O) groups excluding carboxylic acids is 2. The number of aromatic nitrogens is 2. The van der Waals surface area contributed by atoms with Gasteiger partial charge in [-0.05, 0) is 37.3 Å². The Labute approximate surface area is 162 Å². The molecule has 3 heterocycles. The molecule has 0 radical (unpaired) electrons. The maximum Gasteiger partial charge on any atom is 0.253 e. The molecule has 140 valence electrons. The van der Waals surface area contributed by atoms with Crippen LogP contribution in [0.5, 0.6) is 0 Å². The molecule has 1 aliphatic heterocycles. The van der Waals surface area contributed by atoms with Gasteiger partial charge >= 0.3 is 0 Å². The Hall–Kier alpha value is -3.67. The molecule has 1 aromatic carbocycles. The van der Waals surface area contributed by atoms with E-state index >= 15 is 0 Å². The summed E-state index contributed by atoms with van der Waals surface area (Å²) < 4.78 is 0. The maximum atomic E-state index is 12.0. The van der Waals surface area contributed by atoms with Gasteiger partial charge in [0.15, 0.2) is 0 Å². The van der Waals surface area contributed by atoms with Gasteiger partial charge in [-0.15, -0.1) is 0 Å². The monoisotopic (exact) mass is 372 g/mol. The zero-order valence-corrected chi connectivity index (χ0v) is 15.5. The molecule has 0 bridgehead atoms. The molecule has 1 aliphatic rings. The summed E-state index contributed by atoms with van der Waals surface area (Å²) in [5, 5.41) is 5.68. The van der Waals surface area contributed by atoms with Crippen molar-refractivity contribution in [2.24, 2.45) is 0 Å². The number of rotatable bonds is 4. The number of carbonyl (C=O) groups is 2. The number of nitrogens with one attached hydrogen (secondary N) is 3. The van der Waals surface area contributed by atoms with Crippen LogP contribution in [0.1, 0.15) is 23.0 Å². The van der Waals surface area contributed by atoms with Crippen LogP contribution in [0.25, 0.3) is 22.5 Å². The summed E-state index contributed by atoms with van der Waals surface area (Å²) >= 11 is 0. The number of anilines is 1. The van der Waals surface area contributed by atoms with E-state index in [2.05, 4.69) is 27.2 Å². The first kappa shape index (κ1) is 17.7. The molecular weight excluding hydrogens is 352 g/mol. The highest BCUT2D eigenvalue weighted by atomic mass is 16.2. The van der Waals surface area contributed by atoms with Gasteiger partial charge in [0.2, 0.25) is 0 Å². The molecule has 4 rings (SSSR count). The summed E-state index contributed by atoms with van der Waals surface area (Å²) in [5.41, 5.74) is 6.29. The minimum atomic E-state index is -0.214. The van der Waals surface area contributed by atoms with Crippen molar-refractivity contribution < 1.29 is 9.59 Å². The van der Waals surface area contributed by atoms with Crippen molar-refractivity contribution in [2.45, 2.75) is 13.3 Å². The fourth-order valence-electron chi connectivity index (χ4n) is 3.20. The van der Waals surface area contributed by atoms with Crippen LogP contribution in [0.4, 0.5) is 5.69 Å². The molecule has 0 spiro atoms. The summed E-state index contributed by atoms with van der Waals surface area (Å²) in [7, 11) is 0. The zero-order valence-electron chi connectivity index (χ0n) is 15.5. The van der Waals surface area contributed by atoms with Crippen LogP contribution in [-0.2, 0) is 11.2 Å². The fraction of sp³-hybridized carbons (Fsp3) is 0.136. The first-order valence-corrected chi connectivity index (χ1v) is 9.05. The largest absolute Gasteiger partial charge is 0.358 e. The van der Waals surface area contributed by atoms with Crippen LogP contribution >= 0.6 is 0 Å². The van der Waals surface area contributed by atoms with E-state index in [9.17, 15) is 9.59 Å². The number of hydrogen-bond donors (Lipinski definition) is 3. The standard InChI is InChI=1S/C22H20N4O2/c1-13(2)21(27)25-16-5-3-4-14(10-16)19-11-15(6-8-23-19)20-12-17-18(26-20)7-9-24-22(17)28/h3-6,8,10-12,26H,1,7,9H2,2H3,(H,24,28)(H,25,27). The SMILES string of the molecule is C=C(C)C(=O)Nc1cccc(-c2cc(-c3cc4c([nH]3)CCNC4=O)ccn2)c1.